The van der Waals surface area contributed by atoms with Crippen LogP contribution < -0.4 is 10.5 Å². The molecule has 3 rings (SSSR count). The van der Waals surface area contributed by atoms with Gasteiger partial charge in [0.2, 0.25) is 0 Å². The Bertz CT molecular complexity index is 763. The number of hydrogen-bond acceptors (Lipinski definition) is 3. The number of hydrogen-bond donors (Lipinski definition) is 1. The molecule has 0 saturated carbocycles. The molecule has 0 fully saturated rings. The zero-order valence-electron chi connectivity index (χ0n) is 12.0. The molecule has 0 spiro atoms. The van der Waals surface area contributed by atoms with Gasteiger partial charge >= 0.3 is 0 Å². The molecule has 0 aliphatic carbocycles. The number of benzene rings is 2. The predicted molar refractivity (Wildman–Crippen MR) is 85.8 cm³/mol. The van der Waals surface area contributed by atoms with Gasteiger partial charge in [-0.2, -0.15) is 0 Å². The molecule has 0 bridgehead atoms. The van der Waals surface area contributed by atoms with Crippen molar-refractivity contribution in [2.75, 3.05) is 6.54 Å². The summed E-state index contributed by atoms with van der Waals surface area (Å²) in [4.78, 5) is 4.41. The van der Waals surface area contributed by atoms with E-state index in [0.29, 0.717) is 6.54 Å². The van der Waals surface area contributed by atoms with Crippen molar-refractivity contribution in [3.8, 4) is 11.5 Å². The smallest absolute Gasteiger partial charge is 0.153 e. The van der Waals surface area contributed by atoms with Crippen molar-refractivity contribution in [2.45, 2.75) is 13.3 Å². The van der Waals surface area contributed by atoms with Crippen LogP contribution in [-0.4, -0.2) is 11.5 Å². The molecule has 0 aliphatic heterocycles. The maximum atomic E-state index is 6.06. The summed E-state index contributed by atoms with van der Waals surface area (Å²) in [6, 6.07) is 16.1. The fraction of sp³-hybridized carbons (Fsp3) is 0.167. The molecule has 3 nitrogen and oxygen atoms in total. The minimum Gasteiger partial charge on any atom is -0.455 e. The first-order chi connectivity index (χ1) is 10.3. The third kappa shape index (κ3) is 2.88. The number of fused-ring (bicyclic) bond motifs is 1. The van der Waals surface area contributed by atoms with Crippen LogP contribution in [-0.2, 0) is 6.42 Å². The van der Waals surface area contributed by atoms with Crippen molar-refractivity contribution in [3.63, 3.8) is 0 Å². The second-order valence-corrected chi connectivity index (χ2v) is 5.07. The van der Waals surface area contributed by atoms with Gasteiger partial charge in [-0.25, -0.2) is 0 Å². The monoisotopic (exact) mass is 278 g/mol. The molecular formula is C18H18N2O. The van der Waals surface area contributed by atoms with Gasteiger partial charge < -0.3 is 10.5 Å². The number of ether oxygens (including phenoxy) is 1. The number of rotatable bonds is 4. The fourth-order valence-electron chi connectivity index (χ4n) is 2.43. The van der Waals surface area contributed by atoms with E-state index >= 15 is 0 Å². The van der Waals surface area contributed by atoms with Crippen molar-refractivity contribution >= 4 is 10.9 Å². The van der Waals surface area contributed by atoms with Crippen LogP contribution in [0, 0.1) is 6.92 Å². The van der Waals surface area contributed by atoms with Gasteiger partial charge in [0.05, 0.1) is 0 Å². The molecule has 0 saturated heterocycles. The molecule has 106 valence electrons. The predicted octanol–water partition coefficient (Wildman–Crippen LogP) is 3.84. The molecule has 1 aromatic heterocycles. The number of para-hydroxylation sites is 1. The Kier molecular flexibility index (Phi) is 3.84. The third-order valence-corrected chi connectivity index (χ3v) is 3.49. The highest BCUT2D eigenvalue weighted by molar-refractivity contribution is 5.84. The van der Waals surface area contributed by atoms with Crippen LogP contribution in [0.3, 0.4) is 0 Å². The molecule has 3 heteroatoms. The quantitative estimate of drug-likeness (QED) is 0.789. The summed E-state index contributed by atoms with van der Waals surface area (Å²) in [7, 11) is 0. The molecule has 0 unspecified atom stereocenters. The van der Waals surface area contributed by atoms with E-state index in [4.69, 9.17) is 10.5 Å². The van der Waals surface area contributed by atoms with Gasteiger partial charge in [-0.1, -0.05) is 30.3 Å². The molecule has 0 atom stereocenters. The lowest BCUT2D eigenvalue weighted by Gasteiger charge is -2.11. The number of pyridine rings is 1. The van der Waals surface area contributed by atoms with Crippen LogP contribution >= 0.6 is 0 Å². The Labute approximate surface area is 124 Å². The molecule has 3 aromatic rings. The van der Waals surface area contributed by atoms with E-state index in [-0.39, 0.29) is 0 Å². The third-order valence-electron chi connectivity index (χ3n) is 3.49. The van der Waals surface area contributed by atoms with Crippen LogP contribution in [0.1, 0.15) is 11.1 Å². The lowest BCUT2D eigenvalue weighted by molar-refractivity contribution is 0.483. The lowest BCUT2D eigenvalue weighted by atomic mass is 10.1. The minimum absolute atomic E-state index is 0.660. The van der Waals surface area contributed by atoms with Gasteiger partial charge in [0, 0.05) is 11.6 Å². The molecule has 21 heavy (non-hydrogen) atoms. The van der Waals surface area contributed by atoms with Crippen molar-refractivity contribution in [3.05, 3.63) is 65.9 Å². The molecule has 0 amide bonds. The second kappa shape index (κ2) is 5.94. The Hall–Kier alpha value is -2.39. The molecule has 1 heterocycles. The van der Waals surface area contributed by atoms with Crippen LogP contribution in [0.5, 0.6) is 11.5 Å². The van der Waals surface area contributed by atoms with Crippen molar-refractivity contribution in [1.82, 2.24) is 4.98 Å². The zero-order valence-corrected chi connectivity index (χ0v) is 12.0. The average Bonchev–Trinajstić information content (AvgIpc) is 2.51. The Morgan fingerprint density at radius 1 is 1.05 bits per heavy atom. The van der Waals surface area contributed by atoms with Gasteiger partial charge in [0.25, 0.3) is 0 Å². The minimum atomic E-state index is 0.660. The van der Waals surface area contributed by atoms with E-state index < -0.39 is 0 Å². The summed E-state index contributed by atoms with van der Waals surface area (Å²) in [6.07, 6.45) is 2.67. The van der Waals surface area contributed by atoms with Gasteiger partial charge in [-0.05, 0) is 49.2 Å². The second-order valence-electron chi connectivity index (χ2n) is 5.07. The fourth-order valence-corrected chi connectivity index (χ4v) is 2.43. The Balaban J connectivity index is 1.95. The van der Waals surface area contributed by atoms with Crippen LogP contribution in [0.25, 0.3) is 10.9 Å². The SMILES string of the molecule is Cc1cc(CCN)ccc1Oc1cccc2cccnc12. The van der Waals surface area contributed by atoms with E-state index in [1.807, 2.05) is 43.3 Å². The van der Waals surface area contributed by atoms with Crippen LogP contribution in [0.15, 0.2) is 54.7 Å². The summed E-state index contributed by atoms with van der Waals surface area (Å²) >= 11 is 0. The van der Waals surface area contributed by atoms with E-state index in [2.05, 4.69) is 17.1 Å². The average molecular weight is 278 g/mol. The highest BCUT2D eigenvalue weighted by Crippen LogP contribution is 2.30. The standard InChI is InChI=1S/C18H18N2O/c1-13-12-14(9-10-19)7-8-16(13)21-17-6-2-4-15-5-3-11-20-18(15)17/h2-8,11-12H,9-10,19H2,1H3. The molecule has 2 aromatic carbocycles. The van der Waals surface area contributed by atoms with Crippen LogP contribution in [0.2, 0.25) is 0 Å². The van der Waals surface area contributed by atoms with Crippen molar-refractivity contribution in [1.29, 1.82) is 0 Å². The highest BCUT2D eigenvalue weighted by atomic mass is 16.5. The summed E-state index contributed by atoms with van der Waals surface area (Å²) in [5.74, 6) is 1.64. The van der Waals surface area contributed by atoms with E-state index in [0.717, 1.165) is 34.4 Å². The summed E-state index contributed by atoms with van der Waals surface area (Å²) in [6.45, 7) is 2.71. The summed E-state index contributed by atoms with van der Waals surface area (Å²) in [5, 5.41) is 1.08. The normalized spacial score (nSPS) is 10.8. The molecule has 0 aliphatic rings. The highest BCUT2D eigenvalue weighted by Gasteiger charge is 2.07. The van der Waals surface area contributed by atoms with Gasteiger partial charge in [-0.3, -0.25) is 4.98 Å². The first kappa shape index (κ1) is 13.6. The molecular weight excluding hydrogens is 260 g/mol. The number of aryl methyl sites for hydroxylation is 1. The van der Waals surface area contributed by atoms with E-state index in [9.17, 15) is 0 Å². The largest absolute Gasteiger partial charge is 0.455 e. The van der Waals surface area contributed by atoms with Gasteiger partial charge in [0.1, 0.15) is 11.3 Å². The topological polar surface area (TPSA) is 48.1 Å². The lowest BCUT2D eigenvalue weighted by Crippen LogP contribution is -2.02. The maximum Gasteiger partial charge on any atom is 0.153 e. The first-order valence-electron chi connectivity index (χ1n) is 7.09. The number of aromatic nitrogens is 1. The number of nitrogens with two attached hydrogens (primary N) is 1. The first-order valence-corrected chi connectivity index (χ1v) is 7.09. The van der Waals surface area contributed by atoms with Crippen LogP contribution in [0.4, 0.5) is 0 Å². The van der Waals surface area contributed by atoms with E-state index in [1.165, 1.54) is 5.56 Å². The number of nitrogens with zero attached hydrogens (tertiary/aromatic N) is 1. The van der Waals surface area contributed by atoms with Gasteiger partial charge in [-0.15, -0.1) is 0 Å². The molecule has 0 radical (unpaired) electrons. The Morgan fingerprint density at radius 2 is 1.90 bits per heavy atom. The van der Waals surface area contributed by atoms with E-state index in [1.54, 1.807) is 6.20 Å². The summed E-state index contributed by atoms with van der Waals surface area (Å²) in [5.41, 5.74) is 8.82. The molecule has 2 N–H and O–H groups in total. The van der Waals surface area contributed by atoms with Crippen molar-refractivity contribution < 1.29 is 4.74 Å². The Morgan fingerprint density at radius 3 is 2.71 bits per heavy atom. The summed E-state index contributed by atoms with van der Waals surface area (Å²) < 4.78 is 6.06. The van der Waals surface area contributed by atoms with Gasteiger partial charge in [0.15, 0.2) is 5.75 Å². The van der Waals surface area contributed by atoms with Crippen molar-refractivity contribution in [2.24, 2.45) is 5.73 Å². The maximum absolute atomic E-state index is 6.06. The zero-order chi connectivity index (χ0) is 14.7.